The summed E-state index contributed by atoms with van der Waals surface area (Å²) in [4.78, 5) is 40.3. The van der Waals surface area contributed by atoms with Gasteiger partial charge in [-0.15, -0.1) is 0 Å². The zero-order valence-electron chi connectivity index (χ0n) is 22.2. The Morgan fingerprint density at radius 3 is 2.08 bits per heavy atom. The lowest BCUT2D eigenvalue weighted by Gasteiger charge is -2.26. The third kappa shape index (κ3) is 4.48. The molecule has 0 aliphatic carbocycles. The molecule has 3 aromatic rings. The lowest BCUT2D eigenvalue weighted by atomic mass is 9.93. The predicted molar refractivity (Wildman–Crippen MR) is 151 cm³/mol. The van der Waals surface area contributed by atoms with Crippen LogP contribution in [0.25, 0.3) is 11.3 Å². The summed E-state index contributed by atoms with van der Waals surface area (Å²) in [5, 5.41) is 0.875. The number of halogens is 4. The minimum atomic E-state index is -0.907. The molecule has 2 aliphatic rings. The number of hydrogen-bond donors (Lipinski definition) is 0. The predicted octanol–water partition coefficient (Wildman–Crippen LogP) is 8.01. The van der Waals surface area contributed by atoms with Crippen molar-refractivity contribution in [3.8, 4) is 22.8 Å². The normalized spacial score (nSPS) is 16.3. The van der Waals surface area contributed by atoms with E-state index < -0.39 is 34.7 Å². The van der Waals surface area contributed by atoms with Crippen LogP contribution < -0.4 is 9.47 Å². The molecular formula is C28H26Cl4N2O5. The lowest BCUT2D eigenvalue weighted by molar-refractivity contribution is -0.143. The molecule has 0 N–H and O–H groups in total. The molecule has 4 heterocycles. The van der Waals surface area contributed by atoms with Crippen LogP contribution in [0.15, 0.2) is 18.2 Å². The fraction of sp³-hybridized carbons (Fsp3) is 0.393. The van der Waals surface area contributed by atoms with Crippen molar-refractivity contribution in [1.29, 1.82) is 0 Å². The molecule has 2 aromatic heterocycles. The quantitative estimate of drug-likeness (QED) is 0.173. The summed E-state index contributed by atoms with van der Waals surface area (Å²) in [6.45, 7) is 10.3. The maximum atomic E-state index is 13.8. The fourth-order valence-electron chi connectivity index (χ4n) is 4.77. The number of aromatic nitrogens is 2. The summed E-state index contributed by atoms with van der Waals surface area (Å²) in [5.74, 6) is -1.47. The zero-order chi connectivity index (χ0) is 28.8. The first-order valence-electron chi connectivity index (χ1n) is 12.3. The molecule has 39 heavy (non-hydrogen) atoms. The molecule has 2 aliphatic heterocycles. The van der Waals surface area contributed by atoms with Crippen LogP contribution in [0, 0.1) is 10.8 Å². The van der Waals surface area contributed by atoms with Gasteiger partial charge >= 0.3 is 11.9 Å². The van der Waals surface area contributed by atoms with Gasteiger partial charge in [-0.2, -0.15) is 0 Å². The molecule has 0 amide bonds. The molecule has 1 atom stereocenters. The Hall–Kier alpha value is -2.45. The van der Waals surface area contributed by atoms with Gasteiger partial charge in [-0.3, -0.25) is 19.0 Å². The van der Waals surface area contributed by atoms with Crippen LogP contribution in [0.2, 0.25) is 20.4 Å². The second-order valence-corrected chi connectivity index (χ2v) is 13.4. The number of esters is 2. The number of ether oxygens (including phenoxy) is 2. The van der Waals surface area contributed by atoms with Gasteiger partial charge in [0.2, 0.25) is 0 Å². The van der Waals surface area contributed by atoms with Crippen LogP contribution in [0.3, 0.4) is 0 Å². The molecule has 0 unspecified atom stereocenters. The first-order valence-corrected chi connectivity index (χ1v) is 13.9. The van der Waals surface area contributed by atoms with E-state index in [0.29, 0.717) is 39.8 Å². The van der Waals surface area contributed by atoms with Gasteiger partial charge in [0.15, 0.2) is 5.75 Å². The van der Waals surface area contributed by atoms with Gasteiger partial charge in [-0.05, 0) is 72.6 Å². The highest BCUT2D eigenvalue weighted by Gasteiger charge is 2.42. The van der Waals surface area contributed by atoms with E-state index in [1.54, 1.807) is 59.7 Å². The number of carbonyl (C=O) groups is 3. The number of hydrogen-bond acceptors (Lipinski definition) is 5. The minimum absolute atomic E-state index is 0.0104. The Kier molecular flexibility index (Phi) is 6.70. The Labute approximate surface area is 245 Å². The van der Waals surface area contributed by atoms with E-state index in [0.717, 1.165) is 5.69 Å². The molecule has 1 aromatic carbocycles. The molecule has 0 saturated heterocycles. The average molecular weight is 612 g/mol. The van der Waals surface area contributed by atoms with E-state index in [4.69, 9.17) is 55.9 Å². The highest BCUT2D eigenvalue weighted by atomic mass is 35.5. The van der Waals surface area contributed by atoms with Crippen LogP contribution in [0.5, 0.6) is 11.5 Å². The van der Waals surface area contributed by atoms with Crippen LogP contribution in [0.1, 0.15) is 75.6 Å². The lowest BCUT2D eigenvalue weighted by Crippen LogP contribution is -2.29. The van der Waals surface area contributed by atoms with Gasteiger partial charge in [-0.1, -0.05) is 46.4 Å². The number of aryl methyl sites for hydroxylation is 1. The third-order valence-electron chi connectivity index (χ3n) is 6.82. The van der Waals surface area contributed by atoms with Crippen molar-refractivity contribution in [3.63, 3.8) is 0 Å². The summed E-state index contributed by atoms with van der Waals surface area (Å²) < 4.78 is 15.1. The summed E-state index contributed by atoms with van der Waals surface area (Å²) in [6.07, 6.45) is 1.15. The number of carbonyl (C=O) groups excluding carboxylic acids is 3. The zero-order valence-corrected chi connectivity index (χ0v) is 25.2. The standard InChI is InChI=1S/C28H26Cl4N2O5/c1-27(2,3)25(36)38-18-10-13-17-11-15(30)23(32)34(17)24(35)19(13)21(39-26(37)28(4,5)6)20(18)16-8-7-12-9-14(29)22(31)33(12)16/h9-11,16H,7-8H2,1-6H3/t16-/m0/s1. The summed E-state index contributed by atoms with van der Waals surface area (Å²) >= 11 is 25.6. The topological polar surface area (TPSA) is 79.5 Å². The Bertz CT molecular complexity index is 1590. The first kappa shape index (κ1) is 28.1. The molecule has 206 valence electrons. The van der Waals surface area contributed by atoms with Crippen LogP contribution in [-0.4, -0.2) is 27.0 Å². The molecule has 0 saturated carbocycles. The fourth-order valence-corrected chi connectivity index (χ4v) is 5.68. The maximum Gasteiger partial charge on any atom is 0.316 e. The van der Waals surface area contributed by atoms with Crippen molar-refractivity contribution >= 4 is 64.2 Å². The van der Waals surface area contributed by atoms with Gasteiger partial charge in [0.1, 0.15) is 16.1 Å². The summed E-state index contributed by atoms with van der Waals surface area (Å²) in [5.41, 5.74) is 0.343. The Balaban J connectivity index is 1.85. The van der Waals surface area contributed by atoms with E-state index >= 15 is 0 Å². The third-order valence-corrected chi connectivity index (χ3v) is 8.35. The van der Waals surface area contributed by atoms with Crippen molar-refractivity contribution < 1.29 is 23.9 Å². The van der Waals surface area contributed by atoms with Gasteiger partial charge in [0, 0.05) is 11.3 Å². The van der Waals surface area contributed by atoms with Crippen molar-refractivity contribution in [2.75, 3.05) is 0 Å². The largest absolute Gasteiger partial charge is 0.426 e. The molecule has 5 rings (SSSR count). The highest BCUT2D eigenvalue weighted by Crippen LogP contribution is 2.53. The molecule has 11 heteroatoms. The number of benzene rings is 1. The van der Waals surface area contributed by atoms with Crippen LogP contribution >= 0.6 is 46.4 Å². The number of nitrogens with zero attached hydrogens (tertiary/aromatic N) is 2. The molecule has 0 spiro atoms. The van der Waals surface area contributed by atoms with Gasteiger partial charge in [-0.25, -0.2) is 0 Å². The number of fused-ring (bicyclic) bond motifs is 4. The van der Waals surface area contributed by atoms with E-state index in [1.807, 2.05) is 4.57 Å². The SMILES string of the molecule is CC(C)(C)C(=O)Oc1cc2c(c(OC(=O)C(C)(C)C)c1[C@@H]1CCc3cc(Cl)c(Cl)n31)C(=O)n1c-2cc(Cl)c1Cl. The molecule has 0 radical (unpaired) electrons. The van der Waals surface area contributed by atoms with E-state index in [9.17, 15) is 14.4 Å². The Morgan fingerprint density at radius 2 is 1.46 bits per heavy atom. The average Bonchev–Trinajstić information content (AvgIpc) is 3.51. The highest BCUT2D eigenvalue weighted by molar-refractivity contribution is 6.43. The summed E-state index contributed by atoms with van der Waals surface area (Å²) in [7, 11) is 0. The van der Waals surface area contributed by atoms with Crippen molar-refractivity contribution in [2.24, 2.45) is 10.8 Å². The maximum absolute atomic E-state index is 13.8. The van der Waals surface area contributed by atoms with Gasteiger partial charge in [0.05, 0.1) is 43.7 Å². The summed E-state index contributed by atoms with van der Waals surface area (Å²) in [6, 6.07) is 4.39. The van der Waals surface area contributed by atoms with Gasteiger partial charge in [0.25, 0.3) is 5.91 Å². The first-order chi connectivity index (χ1) is 18.0. The molecule has 0 bridgehead atoms. The number of rotatable bonds is 3. The van der Waals surface area contributed by atoms with Gasteiger partial charge < -0.3 is 14.0 Å². The second kappa shape index (κ2) is 9.30. The molecular weight excluding hydrogens is 586 g/mol. The Morgan fingerprint density at radius 1 is 0.872 bits per heavy atom. The van der Waals surface area contributed by atoms with Crippen molar-refractivity contribution in [2.45, 2.75) is 60.4 Å². The second-order valence-electron chi connectivity index (χ2n) is 11.8. The smallest absolute Gasteiger partial charge is 0.316 e. The van der Waals surface area contributed by atoms with E-state index in [-0.39, 0.29) is 27.2 Å². The van der Waals surface area contributed by atoms with E-state index in [1.165, 1.54) is 4.57 Å². The van der Waals surface area contributed by atoms with Crippen LogP contribution in [0.4, 0.5) is 0 Å². The van der Waals surface area contributed by atoms with Crippen molar-refractivity contribution in [1.82, 2.24) is 9.13 Å². The molecule has 0 fully saturated rings. The van der Waals surface area contributed by atoms with E-state index in [2.05, 4.69) is 0 Å². The molecule has 7 nitrogen and oxygen atoms in total. The van der Waals surface area contributed by atoms with Crippen molar-refractivity contribution in [3.05, 3.63) is 55.4 Å². The monoisotopic (exact) mass is 610 g/mol. The van der Waals surface area contributed by atoms with Crippen LogP contribution in [-0.2, 0) is 16.0 Å². The minimum Gasteiger partial charge on any atom is -0.426 e.